The van der Waals surface area contributed by atoms with Crippen molar-refractivity contribution in [3.8, 4) is 0 Å². The molecule has 0 bridgehead atoms. The van der Waals surface area contributed by atoms with Gasteiger partial charge in [-0.2, -0.15) is 4.31 Å². The largest absolute Gasteiger partial charge is 0.480 e. The van der Waals surface area contributed by atoms with Crippen LogP contribution in [-0.4, -0.2) is 36.4 Å². The van der Waals surface area contributed by atoms with Crippen LogP contribution in [0.1, 0.15) is 19.3 Å². The Hall–Kier alpha value is -1.61. The molecule has 1 aliphatic heterocycles. The van der Waals surface area contributed by atoms with Gasteiger partial charge in [0, 0.05) is 18.7 Å². The highest BCUT2D eigenvalue weighted by atomic mass is 32.2. The van der Waals surface area contributed by atoms with Crippen LogP contribution < -0.4 is 0 Å². The summed E-state index contributed by atoms with van der Waals surface area (Å²) in [6.07, 6.45) is 0.934. The highest BCUT2D eigenvalue weighted by molar-refractivity contribution is 7.89. The van der Waals surface area contributed by atoms with E-state index in [1.165, 1.54) is 0 Å². The third kappa shape index (κ3) is 2.88. The summed E-state index contributed by atoms with van der Waals surface area (Å²) in [5.41, 5.74) is 0. The lowest BCUT2D eigenvalue weighted by molar-refractivity contribution is -0.142. The molecule has 21 heavy (non-hydrogen) atoms. The van der Waals surface area contributed by atoms with Crippen molar-refractivity contribution in [3.05, 3.63) is 29.6 Å². The van der Waals surface area contributed by atoms with Gasteiger partial charge in [-0.15, -0.1) is 0 Å². The number of sulfonamides is 1. The van der Waals surface area contributed by atoms with Crippen LogP contribution in [0.2, 0.25) is 0 Å². The van der Waals surface area contributed by atoms with Gasteiger partial charge in [0.2, 0.25) is 10.0 Å². The maximum Gasteiger partial charge on any atom is 0.322 e. The molecule has 0 saturated carbocycles. The summed E-state index contributed by atoms with van der Waals surface area (Å²) in [6, 6.07) is -0.890. The summed E-state index contributed by atoms with van der Waals surface area (Å²) in [4.78, 5) is 9.79. The number of halogens is 3. The van der Waals surface area contributed by atoms with E-state index in [1.54, 1.807) is 0 Å². The van der Waals surface area contributed by atoms with E-state index >= 15 is 0 Å². The van der Waals surface area contributed by atoms with Crippen molar-refractivity contribution in [2.45, 2.75) is 30.2 Å². The molecule has 0 amide bonds. The first kappa shape index (κ1) is 15.8. The van der Waals surface area contributed by atoms with Crippen molar-refractivity contribution >= 4 is 16.0 Å². The summed E-state index contributed by atoms with van der Waals surface area (Å²) < 4.78 is 65.4. The number of piperidine rings is 1. The van der Waals surface area contributed by atoms with Gasteiger partial charge in [0.25, 0.3) is 0 Å². The van der Waals surface area contributed by atoms with Crippen LogP contribution in [-0.2, 0) is 14.8 Å². The number of benzene rings is 1. The fourth-order valence-corrected chi connectivity index (χ4v) is 4.08. The van der Waals surface area contributed by atoms with Gasteiger partial charge in [0.15, 0.2) is 4.90 Å². The van der Waals surface area contributed by atoms with E-state index in [0.29, 0.717) is 17.1 Å². The van der Waals surface area contributed by atoms with Crippen molar-refractivity contribution in [1.29, 1.82) is 0 Å². The first-order valence-corrected chi connectivity index (χ1v) is 7.58. The number of carbonyl (C=O) groups is 1. The Morgan fingerprint density at radius 2 is 1.76 bits per heavy atom. The lowest BCUT2D eigenvalue weighted by Gasteiger charge is -2.31. The molecule has 2 rings (SSSR count). The number of carboxylic acid groups (broad SMARTS) is 1. The highest BCUT2D eigenvalue weighted by Crippen LogP contribution is 2.29. The minimum Gasteiger partial charge on any atom is -0.480 e. The molecule has 0 radical (unpaired) electrons. The third-order valence-corrected chi connectivity index (χ3v) is 5.23. The lowest BCUT2D eigenvalue weighted by atomic mass is 10.1. The maximum absolute atomic E-state index is 13.7. The Morgan fingerprint density at radius 3 is 2.29 bits per heavy atom. The molecule has 1 heterocycles. The van der Waals surface area contributed by atoms with E-state index in [1.807, 2.05) is 0 Å². The zero-order valence-corrected chi connectivity index (χ0v) is 11.5. The van der Waals surface area contributed by atoms with Crippen LogP contribution >= 0.6 is 0 Å². The third-order valence-electron chi connectivity index (χ3n) is 3.27. The number of carboxylic acids is 1. The van der Waals surface area contributed by atoms with Gasteiger partial charge in [-0.25, -0.2) is 21.6 Å². The maximum atomic E-state index is 13.7. The van der Waals surface area contributed by atoms with Crippen molar-refractivity contribution < 1.29 is 31.5 Å². The monoisotopic (exact) mass is 323 g/mol. The second-order valence-electron chi connectivity index (χ2n) is 4.66. The highest BCUT2D eigenvalue weighted by Gasteiger charge is 2.40. The van der Waals surface area contributed by atoms with E-state index in [0.717, 1.165) is 0 Å². The number of hydrogen-bond acceptors (Lipinski definition) is 3. The lowest BCUT2D eigenvalue weighted by Crippen LogP contribution is -2.48. The van der Waals surface area contributed by atoms with Crippen LogP contribution in [0.3, 0.4) is 0 Å². The summed E-state index contributed by atoms with van der Waals surface area (Å²) in [7, 11) is -4.70. The SMILES string of the molecule is O=C(O)C1CCCCN1S(=O)(=O)c1c(F)cc(F)cc1F. The number of hydrogen-bond donors (Lipinski definition) is 1. The van der Waals surface area contributed by atoms with Gasteiger partial charge in [-0.05, 0) is 19.3 Å². The molecular weight excluding hydrogens is 311 g/mol. The molecule has 5 nitrogen and oxygen atoms in total. The van der Waals surface area contributed by atoms with Gasteiger partial charge in [0.05, 0.1) is 0 Å². The Balaban J connectivity index is 2.53. The van der Waals surface area contributed by atoms with E-state index in [4.69, 9.17) is 5.11 Å². The normalized spacial score (nSPS) is 20.4. The average molecular weight is 323 g/mol. The van der Waals surface area contributed by atoms with Gasteiger partial charge >= 0.3 is 5.97 Å². The summed E-state index contributed by atoms with van der Waals surface area (Å²) in [5, 5.41) is 9.05. The van der Waals surface area contributed by atoms with Crippen LogP contribution in [0.4, 0.5) is 13.2 Å². The molecule has 9 heteroatoms. The smallest absolute Gasteiger partial charge is 0.322 e. The fourth-order valence-electron chi connectivity index (χ4n) is 2.33. The van der Waals surface area contributed by atoms with Crippen molar-refractivity contribution in [1.82, 2.24) is 4.31 Å². The topological polar surface area (TPSA) is 74.7 Å². The molecule has 116 valence electrons. The van der Waals surface area contributed by atoms with Crippen LogP contribution in [0, 0.1) is 17.5 Å². The van der Waals surface area contributed by atoms with E-state index in [9.17, 15) is 26.4 Å². The second-order valence-corrected chi connectivity index (χ2v) is 6.49. The second kappa shape index (κ2) is 5.64. The minimum atomic E-state index is -4.70. The van der Waals surface area contributed by atoms with Crippen molar-refractivity contribution in [2.24, 2.45) is 0 Å². The molecule has 1 aromatic carbocycles. The molecule has 0 aliphatic carbocycles. The van der Waals surface area contributed by atoms with Gasteiger partial charge in [-0.1, -0.05) is 0 Å². The van der Waals surface area contributed by atoms with Crippen molar-refractivity contribution in [2.75, 3.05) is 6.54 Å². The van der Waals surface area contributed by atoms with Crippen LogP contribution in [0.25, 0.3) is 0 Å². The molecule has 1 aromatic rings. The Labute approximate surface area is 119 Å². The number of rotatable bonds is 3. The molecule has 1 unspecified atom stereocenters. The fraction of sp³-hybridized carbons (Fsp3) is 0.417. The summed E-state index contributed by atoms with van der Waals surface area (Å²) >= 11 is 0. The van der Waals surface area contributed by atoms with Gasteiger partial charge in [0.1, 0.15) is 23.5 Å². The van der Waals surface area contributed by atoms with Gasteiger partial charge in [-0.3, -0.25) is 4.79 Å². The number of aliphatic carboxylic acids is 1. The molecular formula is C12H12F3NO4S. The van der Waals surface area contributed by atoms with Crippen LogP contribution in [0.5, 0.6) is 0 Å². The van der Waals surface area contributed by atoms with Crippen LogP contribution in [0.15, 0.2) is 17.0 Å². The standard InChI is InChI=1S/C12H12F3NO4S/c13-7-5-8(14)11(9(15)6-7)21(19,20)16-4-2-1-3-10(16)12(17)18/h5-6,10H,1-4H2,(H,17,18). The first-order chi connectivity index (χ1) is 9.75. The van der Waals surface area contributed by atoms with E-state index < -0.39 is 44.4 Å². The molecule has 0 aromatic heterocycles. The van der Waals surface area contributed by atoms with E-state index in [-0.39, 0.29) is 25.1 Å². The Bertz CT molecular complexity index is 654. The molecule has 1 atom stereocenters. The molecule has 1 fully saturated rings. The average Bonchev–Trinajstić information content (AvgIpc) is 2.37. The molecule has 1 saturated heterocycles. The molecule has 0 spiro atoms. The Morgan fingerprint density at radius 1 is 1.19 bits per heavy atom. The predicted octanol–water partition coefficient (Wildman–Crippen LogP) is 1.73. The zero-order valence-electron chi connectivity index (χ0n) is 10.7. The van der Waals surface area contributed by atoms with Gasteiger partial charge < -0.3 is 5.11 Å². The summed E-state index contributed by atoms with van der Waals surface area (Å²) in [6.45, 7) is -0.157. The predicted molar refractivity (Wildman–Crippen MR) is 65.5 cm³/mol. The molecule has 1 aliphatic rings. The van der Waals surface area contributed by atoms with E-state index in [2.05, 4.69) is 0 Å². The quantitative estimate of drug-likeness (QED) is 0.919. The Kier molecular flexibility index (Phi) is 4.24. The first-order valence-electron chi connectivity index (χ1n) is 6.14. The summed E-state index contributed by atoms with van der Waals surface area (Å²) in [5.74, 6) is -5.80. The molecule has 1 N–H and O–H groups in total. The zero-order chi connectivity index (χ0) is 15.8. The number of nitrogens with zero attached hydrogens (tertiary/aromatic N) is 1. The van der Waals surface area contributed by atoms with Crippen molar-refractivity contribution in [3.63, 3.8) is 0 Å². The minimum absolute atomic E-state index is 0.0546.